The third kappa shape index (κ3) is 1.92. The summed E-state index contributed by atoms with van der Waals surface area (Å²) in [4.78, 5) is 13.7. The number of nitrogens with zero attached hydrogens (tertiary/aromatic N) is 1. The van der Waals surface area contributed by atoms with E-state index in [1.54, 1.807) is 0 Å². The molecule has 0 spiro atoms. The van der Waals surface area contributed by atoms with Gasteiger partial charge in [0, 0.05) is 6.42 Å². The maximum atomic E-state index is 11.8. The summed E-state index contributed by atoms with van der Waals surface area (Å²) in [6, 6.07) is 0.234. The van der Waals surface area contributed by atoms with E-state index < -0.39 is 5.72 Å². The molecule has 0 aromatic rings. The molecule has 82 valence electrons. The van der Waals surface area contributed by atoms with Crippen molar-refractivity contribution in [2.75, 3.05) is 6.61 Å². The summed E-state index contributed by atoms with van der Waals surface area (Å²) in [6.07, 6.45) is 0.552. The van der Waals surface area contributed by atoms with Gasteiger partial charge in [-0.05, 0) is 19.8 Å². The number of hydrogen-bond donors (Lipinski definition) is 0. The lowest BCUT2D eigenvalue weighted by Crippen LogP contribution is -2.49. The van der Waals surface area contributed by atoms with E-state index in [9.17, 15) is 4.79 Å². The highest BCUT2D eigenvalue weighted by Gasteiger charge is 2.43. The van der Waals surface area contributed by atoms with Crippen LogP contribution in [0.5, 0.6) is 0 Å². The Morgan fingerprint density at radius 2 is 2.14 bits per heavy atom. The highest BCUT2D eigenvalue weighted by Crippen LogP contribution is 2.31. The first-order chi connectivity index (χ1) is 6.40. The fraction of sp³-hybridized carbons (Fsp3) is 0.909. The minimum atomic E-state index is -0.429. The van der Waals surface area contributed by atoms with E-state index in [1.165, 1.54) is 0 Å². The fourth-order valence-corrected chi connectivity index (χ4v) is 1.98. The predicted octanol–water partition coefficient (Wildman–Crippen LogP) is 2.02. The van der Waals surface area contributed by atoms with Gasteiger partial charge >= 0.3 is 0 Å². The van der Waals surface area contributed by atoms with E-state index in [2.05, 4.69) is 13.8 Å². The molecule has 0 radical (unpaired) electrons. The minimum absolute atomic E-state index is 0.186. The van der Waals surface area contributed by atoms with Gasteiger partial charge in [-0.2, -0.15) is 0 Å². The van der Waals surface area contributed by atoms with Crippen LogP contribution in [-0.4, -0.2) is 29.2 Å². The summed E-state index contributed by atoms with van der Waals surface area (Å²) < 4.78 is 5.65. The molecule has 3 heteroatoms. The number of ether oxygens (including phenoxy) is 1. The van der Waals surface area contributed by atoms with E-state index in [1.807, 2.05) is 25.7 Å². The third-order valence-electron chi connectivity index (χ3n) is 2.86. The van der Waals surface area contributed by atoms with Crippen LogP contribution < -0.4 is 0 Å². The van der Waals surface area contributed by atoms with E-state index >= 15 is 0 Å². The second-order valence-electron chi connectivity index (χ2n) is 4.69. The van der Waals surface area contributed by atoms with Crippen molar-refractivity contribution in [1.82, 2.24) is 4.90 Å². The molecular formula is C11H21NO2. The Bertz CT molecular complexity index is 223. The zero-order valence-electron chi connectivity index (χ0n) is 9.83. The SMILES string of the molecule is CCC(=O)N1[C@@H](C(C)C)COC1(C)C. The van der Waals surface area contributed by atoms with Crippen LogP contribution in [0, 0.1) is 5.92 Å². The van der Waals surface area contributed by atoms with Crippen molar-refractivity contribution in [3.63, 3.8) is 0 Å². The Hall–Kier alpha value is -0.570. The standard InChI is InChI=1S/C11H21NO2/c1-6-10(13)12-9(8(2)3)7-14-11(12,4)5/h8-9H,6-7H2,1-5H3/t9-/m1/s1. The normalized spacial score (nSPS) is 25.9. The molecule has 1 rings (SSSR count). The monoisotopic (exact) mass is 199 g/mol. The molecule has 14 heavy (non-hydrogen) atoms. The van der Waals surface area contributed by atoms with Gasteiger partial charge in [0.15, 0.2) is 0 Å². The molecule has 1 aliphatic rings. The van der Waals surface area contributed by atoms with Gasteiger partial charge in [-0.1, -0.05) is 20.8 Å². The molecule has 0 aliphatic carbocycles. The van der Waals surface area contributed by atoms with Gasteiger partial charge in [-0.25, -0.2) is 0 Å². The van der Waals surface area contributed by atoms with Crippen molar-refractivity contribution in [3.05, 3.63) is 0 Å². The van der Waals surface area contributed by atoms with Crippen molar-refractivity contribution in [2.45, 2.75) is 52.8 Å². The molecule has 1 amide bonds. The van der Waals surface area contributed by atoms with Gasteiger partial charge in [0.05, 0.1) is 12.6 Å². The molecule has 0 N–H and O–H groups in total. The van der Waals surface area contributed by atoms with Gasteiger partial charge in [0.1, 0.15) is 5.72 Å². The van der Waals surface area contributed by atoms with Crippen molar-refractivity contribution in [2.24, 2.45) is 5.92 Å². The summed E-state index contributed by atoms with van der Waals surface area (Å²) in [5.74, 6) is 0.637. The zero-order chi connectivity index (χ0) is 10.9. The number of carbonyl (C=O) groups is 1. The van der Waals surface area contributed by atoms with E-state index in [-0.39, 0.29) is 11.9 Å². The number of carbonyl (C=O) groups excluding carboxylic acids is 1. The van der Waals surface area contributed by atoms with Crippen LogP contribution in [0.2, 0.25) is 0 Å². The smallest absolute Gasteiger partial charge is 0.224 e. The topological polar surface area (TPSA) is 29.5 Å². The highest BCUT2D eigenvalue weighted by atomic mass is 16.5. The summed E-state index contributed by atoms with van der Waals surface area (Å²) >= 11 is 0. The van der Waals surface area contributed by atoms with Crippen LogP contribution in [0.15, 0.2) is 0 Å². The largest absolute Gasteiger partial charge is 0.354 e. The Labute approximate surface area is 86.4 Å². The molecule has 0 unspecified atom stereocenters. The van der Waals surface area contributed by atoms with Gasteiger partial charge in [-0.15, -0.1) is 0 Å². The lowest BCUT2D eigenvalue weighted by Gasteiger charge is -2.35. The third-order valence-corrected chi connectivity index (χ3v) is 2.86. The molecule has 1 heterocycles. The maximum absolute atomic E-state index is 11.8. The highest BCUT2D eigenvalue weighted by molar-refractivity contribution is 5.77. The first kappa shape index (κ1) is 11.5. The second-order valence-corrected chi connectivity index (χ2v) is 4.69. The van der Waals surface area contributed by atoms with Crippen LogP contribution in [-0.2, 0) is 9.53 Å². The lowest BCUT2D eigenvalue weighted by molar-refractivity contribution is -0.146. The van der Waals surface area contributed by atoms with Gasteiger partial charge in [0.25, 0.3) is 0 Å². The molecule has 1 fully saturated rings. The molecular weight excluding hydrogens is 178 g/mol. The molecule has 1 saturated heterocycles. The minimum Gasteiger partial charge on any atom is -0.354 e. The van der Waals surface area contributed by atoms with Crippen LogP contribution in [0.25, 0.3) is 0 Å². The lowest BCUT2D eigenvalue weighted by atomic mass is 10.0. The fourth-order valence-electron chi connectivity index (χ4n) is 1.98. The molecule has 1 aliphatic heterocycles. The first-order valence-electron chi connectivity index (χ1n) is 5.36. The predicted molar refractivity (Wildman–Crippen MR) is 55.8 cm³/mol. The van der Waals surface area contributed by atoms with Crippen molar-refractivity contribution >= 4 is 5.91 Å². The van der Waals surface area contributed by atoms with Crippen LogP contribution >= 0.6 is 0 Å². The summed E-state index contributed by atoms with van der Waals surface area (Å²) in [7, 11) is 0. The first-order valence-corrected chi connectivity index (χ1v) is 5.36. The summed E-state index contributed by atoms with van der Waals surface area (Å²) in [6.45, 7) is 10.7. The Kier molecular flexibility index (Phi) is 3.20. The zero-order valence-corrected chi connectivity index (χ0v) is 9.83. The maximum Gasteiger partial charge on any atom is 0.224 e. The van der Waals surface area contributed by atoms with Crippen LogP contribution in [0.4, 0.5) is 0 Å². The average molecular weight is 199 g/mol. The van der Waals surface area contributed by atoms with Gasteiger partial charge in [0.2, 0.25) is 5.91 Å². The quantitative estimate of drug-likeness (QED) is 0.681. The Morgan fingerprint density at radius 3 is 2.57 bits per heavy atom. The number of amides is 1. The van der Waals surface area contributed by atoms with Crippen molar-refractivity contribution < 1.29 is 9.53 Å². The molecule has 0 aromatic heterocycles. The number of rotatable bonds is 2. The van der Waals surface area contributed by atoms with E-state index in [0.717, 1.165) is 0 Å². The van der Waals surface area contributed by atoms with Gasteiger partial charge in [-0.3, -0.25) is 4.79 Å². The summed E-state index contributed by atoms with van der Waals surface area (Å²) in [5.41, 5.74) is -0.429. The molecule has 1 atom stereocenters. The van der Waals surface area contributed by atoms with Gasteiger partial charge < -0.3 is 9.64 Å². The van der Waals surface area contributed by atoms with E-state index in [0.29, 0.717) is 18.9 Å². The molecule has 3 nitrogen and oxygen atoms in total. The average Bonchev–Trinajstić information content (AvgIpc) is 2.40. The van der Waals surface area contributed by atoms with Crippen molar-refractivity contribution in [3.8, 4) is 0 Å². The van der Waals surface area contributed by atoms with E-state index in [4.69, 9.17) is 4.74 Å². The van der Waals surface area contributed by atoms with Crippen LogP contribution in [0.1, 0.15) is 41.0 Å². The van der Waals surface area contributed by atoms with Crippen molar-refractivity contribution in [1.29, 1.82) is 0 Å². The Morgan fingerprint density at radius 1 is 1.57 bits per heavy atom. The number of hydrogen-bond acceptors (Lipinski definition) is 2. The molecule has 0 bridgehead atoms. The molecule has 0 saturated carbocycles. The second kappa shape index (κ2) is 3.89. The molecule has 0 aromatic carbocycles. The summed E-state index contributed by atoms with van der Waals surface area (Å²) in [5, 5.41) is 0. The van der Waals surface area contributed by atoms with Crippen LogP contribution in [0.3, 0.4) is 0 Å². The Balaban J connectivity index is 2.87.